The standard InChI is InChI=1S/C9H12FNO2/c1-6(11-12)8-5-7(13-2)3-4-9(8)10/h3-6,11-12H,1-2H3/t6-/m1/s1. The van der Waals surface area contributed by atoms with Crippen molar-refractivity contribution in [2.45, 2.75) is 13.0 Å². The first-order valence-electron chi connectivity index (χ1n) is 3.92. The maximum absolute atomic E-state index is 13.1. The molecule has 0 bridgehead atoms. The number of hydrogen-bond donors (Lipinski definition) is 2. The fourth-order valence-electron chi connectivity index (χ4n) is 1.05. The summed E-state index contributed by atoms with van der Waals surface area (Å²) in [5, 5.41) is 8.62. The summed E-state index contributed by atoms with van der Waals surface area (Å²) < 4.78 is 18.1. The minimum absolute atomic E-state index is 0.366. The van der Waals surface area contributed by atoms with Crippen LogP contribution in [0.25, 0.3) is 0 Å². The molecule has 0 radical (unpaired) electrons. The molecule has 0 amide bonds. The van der Waals surface area contributed by atoms with Crippen LogP contribution in [-0.4, -0.2) is 12.3 Å². The molecule has 1 aromatic carbocycles. The molecule has 0 spiro atoms. The van der Waals surface area contributed by atoms with Crippen molar-refractivity contribution in [2.75, 3.05) is 7.11 Å². The van der Waals surface area contributed by atoms with Gasteiger partial charge in [0.15, 0.2) is 0 Å². The monoisotopic (exact) mass is 185 g/mol. The molecule has 0 saturated carbocycles. The molecule has 0 heterocycles. The number of ether oxygens (including phenoxy) is 1. The Morgan fingerprint density at radius 1 is 1.54 bits per heavy atom. The van der Waals surface area contributed by atoms with E-state index in [0.717, 1.165) is 0 Å². The molecule has 0 aromatic heterocycles. The average molecular weight is 185 g/mol. The van der Waals surface area contributed by atoms with Gasteiger partial charge in [-0.2, -0.15) is 5.48 Å². The normalized spacial score (nSPS) is 12.6. The van der Waals surface area contributed by atoms with Crippen LogP contribution in [0.3, 0.4) is 0 Å². The van der Waals surface area contributed by atoms with Crippen molar-refractivity contribution in [1.29, 1.82) is 0 Å². The fourth-order valence-corrected chi connectivity index (χ4v) is 1.05. The number of rotatable bonds is 3. The van der Waals surface area contributed by atoms with Crippen LogP contribution in [0.4, 0.5) is 4.39 Å². The van der Waals surface area contributed by atoms with Crippen LogP contribution in [0.5, 0.6) is 5.75 Å². The van der Waals surface area contributed by atoms with Crippen molar-refractivity contribution >= 4 is 0 Å². The molecule has 0 fully saturated rings. The van der Waals surface area contributed by atoms with Gasteiger partial charge in [0.1, 0.15) is 11.6 Å². The lowest BCUT2D eigenvalue weighted by atomic mass is 10.1. The molecule has 4 heteroatoms. The Bertz CT molecular complexity index is 291. The first-order valence-corrected chi connectivity index (χ1v) is 3.92. The Morgan fingerprint density at radius 2 is 2.23 bits per heavy atom. The van der Waals surface area contributed by atoms with E-state index in [4.69, 9.17) is 9.94 Å². The van der Waals surface area contributed by atoms with Gasteiger partial charge in [-0.3, -0.25) is 0 Å². The van der Waals surface area contributed by atoms with E-state index in [1.165, 1.54) is 19.2 Å². The predicted molar refractivity (Wildman–Crippen MR) is 46.3 cm³/mol. The van der Waals surface area contributed by atoms with Gasteiger partial charge in [-0.05, 0) is 25.1 Å². The average Bonchev–Trinajstić information content (AvgIpc) is 2.17. The smallest absolute Gasteiger partial charge is 0.128 e. The highest BCUT2D eigenvalue weighted by Crippen LogP contribution is 2.21. The summed E-state index contributed by atoms with van der Waals surface area (Å²) in [6.45, 7) is 1.65. The minimum atomic E-state index is -0.449. The van der Waals surface area contributed by atoms with Crippen LogP contribution in [0.1, 0.15) is 18.5 Å². The number of nitrogens with one attached hydrogen (secondary N) is 1. The van der Waals surface area contributed by atoms with Gasteiger partial charge in [0.2, 0.25) is 0 Å². The van der Waals surface area contributed by atoms with Crippen molar-refractivity contribution in [3.8, 4) is 5.75 Å². The number of hydroxylamine groups is 1. The topological polar surface area (TPSA) is 41.5 Å². The van der Waals surface area contributed by atoms with E-state index in [-0.39, 0.29) is 5.82 Å². The number of benzene rings is 1. The van der Waals surface area contributed by atoms with Crippen molar-refractivity contribution < 1.29 is 14.3 Å². The zero-order valence-electron chi connectivity index (χ0n) is 7.54. The molecule has 1 aromatic rings. The second-order valence-electron chi connectivity index (χ2n) is 2.74. The van der Waals surface area contributed by atoms with E-state index >= 15 is 0 Å². The van der Waals surface area contributed by atoms with E-state index in [2.05, 4.69) is 0 Å². The first kappa shape index (κ1) is 9.95. The molecule has 0 aliphatic heterocycles. The zero-order chi connectivity index (χ0) is 9.84. The van der Waals surface area contributed by atoms with Crippen molar-refractivity contribution in [2.24, 2.45) is 0 Å². The predicted octanol–water partition coefficient (Wildman–Crippen LogP) is 1.87. The molecule has 0 aliphatic carbocycles. The Balaban J connectivity index is 3.03. The molecule has 2 N–H and O–H groups in total. The third-order valence-electron chi connectivity index (χ3n) is 1.86. The van der Waals surface area contributed by atoms with Crippen molar-refractivity contribution in [3.63, 3.8) is 0 Å². The Kier molecular flexibility index (Phi) is 3.22. The van der Waals surface area contributed by atoms with Gasteiger partial charge in [0.25, 0.3) is 0 Å². The highest BCUT2D eigenvalue weighted by Gasteiger charge is 2.10. The Morgan fingerprint density at radius 3 is 2.77 bits per heavy atom. The second-order valence-corrected chi connectivity index (χ2v) is 2.74. The molecule has 1 rings (SSSR count). The molecule has 13 heavy (non-hydrogen) atoms. The number of hydrogen-bond acceptors (Lipinski definition) is 3. The van der Waals surface area contributed by atoms with Gasteiger partial charge < -0.3 is 9.94 Å². The van der Waals surface area contributed by atoms with Crippen LogP contribution in [-0.2, 0) is 0 Å². The van der Waals surface area contributed by atoms with Crippen molar-refractivity contribution in [3.05, 3.63) is 29.6 Å². The SMILES string of the molecule is COc1ccc(F)c([C@@H](C)NO)c1. The van der Waals surface area contributed by atoms with Gasteiger partial charge in [-0.15, -0.1) is 0 Å². The van der Waals surface area contributed by atoms with Crippen LogP contribution in [0.2, 0.25) is 0 Å². The van der Waals surface area contributed by atoms with Gasteiger partial charge in [-0.1, -0.05) is 0 Å². The fraction of sp³-hybridized carbons (Fsp3) is 0.333. The summed E-state index contributed by atoms with van der Waals surface area (Å²) in [4.78, 5) is 0. The summed E-state index contributed by atoms with van der Waals surface area (Å²) in [6.07, 6.45) is 0. The van der Waals surface area contributed by atoms with Crippen LogP contribution >= 0.6 is 0 Å². The van der Waals surface area contributed by atoms with Gasteiger partial charge in [0.05, 0.1) is 13.2 Å². The lowest BCUT2D eigenvalue weighted by Crippen LogP contribution is -2.14. The van der Waals surface area contributed by atoms with E-state index in [1.54, 1.807) is 13.0 Å². The summed E-state index contributed by atoms with van der Waals surface area (Å²) in [6, 6.07) is 3.93. The third-order valence-corrected chi connectivity index (χ3v) is 1.86. The lowest BCUT2D eigenvalue weighted by Gasteiger charge is -2.11. The molecule has 0 saturated heterocycles. The van der Waals surface area contributed by atoms with E-state index < -0.39 is 6.04 Å². The lowest BCUT2D eigenvalue weighted by molar-refractivity contribution is 0.131. The number of methoxy groups -OCH3 is 1. The maximum atomic E-state index is 13.1. The molecular formula is C9H12FNO2. The maximum Gasteiger partial charge on any atom is 0.128 e. The van der Waals surface area contributed by atoms with Gasteiger partial charge in [0, 0.05) is 5.56 Å². The van der Waals surface area contributed by atoms with Crippen LogP contribution in [0.15, 0.2) is 18.2 Å². The van der Waals surface area contributed by atoms with Gasteiger partial charge >= 0.3 is 0 Å². The molecular weight excluding hydrogens is 173 g/mol. The largest absolute Gasteiger partial charge is 0.497 e. The summed E-state index contributed by atoms with van der Waals surface area (Å²) >= 11 is 0. The highest BCUT2D eigenvalue weighted by atomic mass is 19.1. The Hall–Kier alpha value is -1.13. The summed E-state index contributed by atoms with van der Waals surface area (Å²) in [5.74, 6) is 0.202. The quantitative estimate of drug-likeness (QED) is 0.706. The van der Waals surface area contributed by atoms with E-state index in [1.807, 2.05) is 5.48 Å². The van der Waals surface area contributed by atoms with Gasteiger partial charge in [-0.25, -0.2) is 4.39 Å². The molecule has 3 nitrogen and oxygen atoms in total. The van der Waals surface area contributed by atoms with E-state index in [9.17, 15) is 4.39 Å². The third kappa shape index (κ3) is 2.17. The number of halogens is 1. The van der Waals surface area contributed by atoms with Crippen LogP contribution < -0.4 is 10.2 Å². The zero-order valence-corrected chi connectivity index (χ0v) is 7.54. The second kappa shape index (κ2) is 4.20. The summed E-state index contributed by atoms with van der Waals surface area (Å²) in [7, 11) is 1.51. The molecule has 0 unspecified atom stereocenters. The first-order chi connectivity index (χ1) is 6.19. The highest BCUT2D eigenvalue weighted by molar-refractivity contribution is 5.31. The summed E-state index contributed by atoms with van der Waals surface area (Å²) in [5.41, 5.74) is 2.35. The Labute approximate surface area is 76.1 Å². The molecule has 0 aliphatic rings. The van der Waals surface area contributed by atoms with Crippen LogP contribution in [0, 0.1) is 5.82 Å². The molecule has 72 valence electrons. The van der Waals surface area contributed by atoms with E-state index in [0.29, 0.717) is 11.3 Å². The molecule has 1 atom stereocenters. The van der Waals surface area contributed by atoms with Crippen molar-refractivity contribution in [1.82, 2.24) is 5.48 Å². The minimum Gasteiger partial charge on any atom is -0.497 e.